The second kappa shape index (κ2) is 12.9. The molecule has 0 bridgehead atoms. The van der Waals surface area contributed by atoms with Crippen LogP contribution in [-0.4, -0.2) is 37.7 Å². The van der Waals surface area contributed by atoms with Gasteiger partial charge in [0, 0.05) is 0 Å². The smallest absolute Gasteiger partial charge is 0.338 e. The van der Waals surface area contributed by atoms with Crippen LogP contribution >= 0.6 is 11.3 Å². The van der Waals surface area contributed by atoms with Crippen LogP contribution < -0.4 is 38.6 Å². The molecule has 1 atom stereocenters. The van der Waals surface area contributed by atoms with E-state index in [2.05, 4.69) is 4.99 Å². The van der Waals surface area contributed by atoms with Crippen molar-refractivity contribution in [3.8, 4) is 28.7 Å². The lowest BCUT2D eigenvalue weighted by atomic mass is 9.96. The molecule has 45 heavy (non-hydrogen) atoms. The van der Waals surface area contributed by atoms with Gasteiger partial charge in [-0.2, -0.15) is 0 Å². The van der Waals surface area contributed by atoms with Gasteiger partial charge in [-0.1, -0.05) is 35.6 Å². The fourth-order valence-electron chi connectivity index (χ4n) is 5.26. The van der Waals surface area contributed by atoms with Gasteiger partial charge in [0.05, 0.1) is 42.2 Å². The molecule has 1 aromatic heterocycles. The number of hydrogen-bond donors (Lipinski definition) is 0. The van der Waals surface area contributed by atoms with Crippen LogP contribution in [0.15, 0.2) is 81.7 Å². The van der Waals surface area contributed by atoms with Crippen molar-refractivity contribution in [1.29, 1.82) is 0 Å². The molecule has 2 aliphatic rings. The standard InChI is InChI=1S/C34H32N2O8S/c1-5-40-24-11-9-23(10-12-24)31-30(33(38)41-6-2)20(3)35-34-36(31)32(37)29(45-34)17-21-7-13-25(27(15-21)39-4)42-18-22-8-14-26-28(16-22)44-19-43-26/h7-17,31H,5-6,18-19H2,1-4H3. The Morgan fingerprint density at radius 1 is 1.00 bits per heavy atom. The monoisotopic (exact) mass is 628 g/mol. The van der Waals surface area contributed by atoms with E-state index in [4.69, 9.17) is 28.4 Å². The summed E-state index contributed by atoms with van der Waals surface area (Å²) >= 11 is 1.26. The molecule has 0 aliphatic carbocycles. The highest BCUT2D eigenvalue weighted by molar-refractivity contribution is 7.07. The van der Waals surface area contributed by atoms with E-state index < -0.39 is 12.0 Å². The maximum atomic E-state index is 14.0. The van der Waals surface area contributed by atoms with Gasteiger partial charge in [0.25, 0.3) is 5.56 Å². The third-order valence-electron chi connectivity index (χ3n) is 7.34. The van der Waals surface area contributed by atoms with Crippen LogP contribution in [-0.2, 0) is 16.1 Å². The Hall–Kier alpha value is -5.03. The van der Waals surface area contributed by atoms with Crippen LogP contribution in [0.1, 0.15) is 43.5 Å². The number of fused-ring (bicyclic) bond motifs is 2. The zero-order valence-electron chi connectivity index (χ0n) is 25.3. The van der Waals surface area contributed by atoms with Gasteiger partial charge in [-0.3, -0.25) is 9.36 Å². The summed E-state index contributed by atoms with van der Waals surface area (Å²) in [6.45, 7) is 6.66. The predicted molar refractivity (Wildman–Crippen MR) is 168 cm³/mol. The van der Waals surface area contributed by atoms with Crippen molar-refractivity contribution in [3.63, 3.8) is 0 Å². The molecular formula is C34H32N2O8S. The summed E-state index contributed by atoms with van der Waals surface area (Å²) in [5.41, 5.74) is 2.97. The molecule has 4 aromatic rings. The predicted octanol–water partition coefficient (Wildman–Crippen LogP) is 4.51. The van der Waals surface area contributed by atoms with Gasteiger partial charge < -0.3 is 28.4 Å². The molecule has 0 spiro atoms. The minimum Gasteiger partial charge on any atom is -0.494 e. The van der Waals surface area contributed by atoms with Gasteiger partial charge in [-0.15, -0.1) is 0 Å². The van der Waals surface area contributed by atoms with Gasteiger partial charge >= 0.3 is 5.97 Å². The molecule has 0 saturated carbocycles. The number of thiazole rings is 1. The molecule has 6 rings (SSSR count). The molecule has 0 fully saturated rings. The Labute approximate surface area is 263 Å². The Balaban J connectivity index is 1.34. The Bertz CT molecular complexity index is 1960. The third-order valence-corrected chi connectivity index (χ3v) is 8.32. The number of ether oxygens (including phenoxy) is 6. The number of aromatic nitrogens is 1. The number of hydrogen-bond acceptors (Lipinski definition) is 10. The van der Waals surface area contributed by atoms with Crippen molar-refractivity contribution >= 4 is 23.4 Å². The van der Waals surface area contributed by atoms with Gasteiger partial charge in [0.15, 0.2) is 27.8 Å². The summed E-state index contributed by atoms with van der Waals surface area (Å²) in [5.74, 6) is 2.67. The van der Waals surface area contributed by atoms with Crippen molar-refractivity contribution in [2.24, 2.45) is 4.99 Å². The number of rotatable bonds is 10. The second-order valence-electron chi connectivity index (χ2n) is 10.2. The highest BCUT2D eigenvalue weighted by Gasteiger charge is 2.33. The van der Waals surface area contributed by atoms with Crippen molar-refractivity contribution in [1.82, 2.24) is 4.57 Å². The first-order chi connectivity index (χ1) is 21.9. The van der Waals surface area contributed by atoms with Crippen molar-refractivity contribution in [3.05, 3.63) is 108 Å². The Kier molecular flexibility index (Phi) is 8.61. The lowest BCUT2D eigenvalue weighted by Gasteiger charge is -2.24. The Morgan fingerprint density at radius 3 is 2.56 bits per heavy atom. The van der Waals surface area contributed by atoms with E-state index in [-0.39, 0.29) is 19.0 Å². The molecule has 0 amide bonds. The SMILES string of the molecule is CCOC(=O)C1=C(C)N=c2sc(=Cc3ccc(OCc4ccc5c(c4)OCO5)c(OC)c3)c(=O)n2C1c1ccc(OCC)cc1. The highest BCUT2D eigenvalue weighted by Crippen LogP contribution is 2.34. The molecule has 0 saturated heterocycles. The van der Waals surface area contributed by atoms with Gasteiger partial charge in [-0.05, 0) is 79.9 Å². The molecule has 3 aromatic carbocycles. The molecule has 0 radical (unpaired) electrons. The lowest BCUT2D eigenvalue weighted by molar-refractivity contribution is -0.139. The lowest BCUT2D eigenvalue weighted by Crippen LogP contribution is -2.39. The maximum absolute atomic E-state index is 14.0. The van der Waals surface area contributed by atoms with Crippen LogP contribution in [0.2, 0.25) is 0 Å². The third kappa shape index (κ3) is 6.03. The van der Waals surface area contributed by atoms with E-state index in [1.165, 1.54) is 11.3 Å². The average Bonchev–Trinajstić information content (AvgIpc) is 3.63. The largest absolute Gasteiger partial charge is 0.494 e. The number of esters is 1. The highest BCUT2D eigenvalue weighted by atomic mass is 32.1. The molecular weight excluding hydrogens is 596 g/mol. The van der Waals surface area contributed by atoms with E-state index in [9.17, 15) is 9.59 Å². The molecule has 1 unspecified atom stereocenters. The number of nitrogens with zero attached hydrogens (tertiary/aromatic N) is 2. The van der Waals surface area contributed by atoms with Crippen LogP contribution in [0, 0.1) is 0 Å². The minimum absolute atomic E-state index is 0.203. The van der Waals surface area contributed by atoms with E-state index in [0.29, 0.717) is 62.6 Å². The average molecular weight is 629 g/mol. The second-order valence-corrected chi connectivity index (χ2v) is 11.2. The summed E-state index contributed by atoms with van der Waals surface area (Å²) < 4.78 is 35.5. The summed E-state index contributed by atoms with van der Waals surface area (Å²) in [7, 11) is 1.57. The van der Waals surface area contributed by atoms with Gasteiger partial charge in [0.1, 0.15) is 12.4 Å². The quantitative estimate of drug-likeness (QED) is 0.236. The van der Waals surface area contributed by atoms with Crippen molar-refractivity contribution in [2.75, 3.05) is 27.1 Å². The number of allylic oxidation sites excluding steroid dienone is 1. The molecule has 2 aliphatic heterocycles. The topological polar surface area (TPSA) is 107 Å². The fraction of sp³-hybridized carbons (Fsp3) is 0.265. The van der Waals surface area contributed by atoms with Gasteiger partial charge in [-0.25, -0.2) is 9.79 Å². The first-order valence-corrected chi connectivity index (χ1v) is 15.3. The first-order valence-electron chi connectivity index (χ1n) is 14.5. The van der Waals surface area contributed by atoms with Crippen molar-refractivity contribution in [2.45, 2.75) is 33.4 Å². The zero-order chi connectivity index (χ0) is 31.5. The fourth-order valence-corrected chi connectivity index (χ4v) is 6.30. The molecule has 3 heterocycles. The maximum Gasteiger partial charge on any atom is 0.338 e. The van der Waals surface area contributed by atoms with Crippen LogP contribution in [0.3, 0.4) is 0 Å². The number of methoxy groups -OCH3 is 1. The number of carbonyl (C=O) groups is 1. The van der Waals surface area contributed by atoms with E-state index in [0.717, 1.165) is 16.7 Å². The molecule has 0 N–H and O–H groups in total. The van der Waals surface area contributed by atoms with E-state index in [1.54, 1.807) is 37.7 Å². The van der Waals surface area contributed by atoms with Crippen molar-refractivity contribution < 1.29 is 33.2 Å². The van der Waals surface area contributed by atoms with E-state index >= 15 is 0 Å². The molecule has 11 heteroatoms. The molecule has 10 nitrogen and oxygen atoms in total. The van der Waals surface area contributed by atoms with Gasteiger partial charge in [0.2, 0.25) is 6.79 Å². The van der Waals surface area contributed by atoms with Crippen LogP contribution in [0.4, 0.5) is 0 Å². The summed E-state index contributed by atoms with van der Waals surface area (Å²) in [4.78, 5) is 32.3. The normalized spacial score (nSPS) is 15.4. The van der Waals surface area contributed by atoms with Crippen LogP contribution in [0.5, 0.6) is 28.7 Å². The summed E-state index contributed by atoms with van der Waals surface area (Å²) in [6, 6.07) is 17.8. The number of carbonyl (C=O) groups excluding carboxylic acids is 1. The first kappa shape index (κ1) is 30.0. The number of benzene rings is 3. The van der Waals surface area contributed by atoms with Crippen LogP contribution in [0.25, 0.3) is 6.08 Å². The molecule has 232 valence electrons. The summed E-state index contributed by atoms with van der Waals surface area (Å²) in [5, 5.41) is 0. The Morgan fingerprint density at radius 2 is 1.80 bits per heavy atom. The van der Waals surface area contributed by atoms with E-state index in [1.807, 2.05) is 61.5 Å². The minimum atomic E-state index is -0.709. The zero-order valence-corrected chi connectivity index (χ0v) is 26.1. The summed E-state index contributed by atoms with van der Waals surface area (Å²) in [6.07, 6.45) is 1.78.